The monoisotopic (exact) mass is 493 g/mol. The van der Waals surface area contributed by atoms with Crippen LogP contribution in [0.15, 0.2) is 72.9 Å². The molecule has 0 unspecified atom stereocenters. The standard InChI is InChI=1S/C10H11NO2.C9H9N.C8H9NO2.2CH4.H2/c1-3-5-9-8(2)6-4-7-10(9)11(12)13;1-7-3-2-4-9-8(7)5-6-10-9;1-6-4-3-5-8(7(6)2)9(10)11;;;/h3-7H,1-2H3;2-6,10H,1H3;3-5H,1-2H3;2*1H4;1H/b5-3+;;;;;. The van der Waals surface area contributed by atoms with Crippen molar-refractivity contribution in [1.29, 1.82) is 0 Å². The SMILES string of the molecule is C.C.C/C=C/c1c(C)cccc1[N+](=O)[O-].Cc1cccc([N+](=O)[O-])c1C.Cc1cccc2[nH]ccc12.[HH]. The number of allylic oxidation sites excluding steroid dienone is 1. The minimum atomic E-state index is -0.359. The summed E-state index contributed by atoms with van der Waals surface area (Å²) >= 11 is 0. The first-order valence-corrected chi connectivity index (χ1v) is 10.8. The molecular formula is C29H39N3O4. The second kappa shape index (κ2) is 14.9. The molecule has 0 atom stereocenters. The molecule has 0 aliphatic carbocycles. The minimum Gasteiger partial charge on any atom is -0.361 e. The van der Waals surface area contributed by atoms with Crippen LogP contribution < -0.4 is 0 Å². The molecule has 4 aromatic rings. The van der Waals surface area contributed by atoms with E-state index in [-0.39, 0.29) is 37.5 Å². The Bertz CT molecular complexity index is 1330. The van der Waals surface area contributed by atoms with Gasteiger partial charge in [-0.15, -0.1) is 0 Å². The summed E-state index contributed by atoms with van der Waals surface area (Å²) in [6.45, 7) is 9.45. The Labute approximate surface area is 215 Å². The molecule has 0 saturated carbocycles. The first kappa shape index (κ1) is 31.7. The van der Waals surface area contributed by atoms with E-state index >= 15 is 0 Å². The van der Waals surface area contributed by atoms with E-state index in [1.165, 1.54) is 28.6 Å². The third-order valence-electron chi connectivity index (χ3n) is 5.42. The van der Waals surface area contributed by atoms with Crippen LogP contribution in [0.5, 0.6) is 0 Å². The fourth-order valence-corrected chi connectivity index (χ4v) is 3.38. The van der Waals surface area contributed by atoms with Gasteiger partial charge in [-0.3, -0.25) is 20.2 Å². The number of hydrogen-bond acceptors (Lipinski definition) is 4. The van der Waals surface area contributed by atoms with Crippen molar-refractivity contribution in [3.05, 3.63) is 121 Å². The summed E-state index contributed by atoms with van der Waals surface area (Å²) < 4.78 is 0. The maximum absolute atomic E-state index is 10.6. The molecule has 0 fully saturated rings. The summed E-state index contributed by atoms with van der Waals surface area (Å²) in [5.74, 6) is 0. The fourth-order valence-electron chi connectivity index (χ4n) is 3.38. The van der Waals surface area contributed by atoms with E-state index < -0.39 is 0 Å². The lowest BCUT2D eigenvalue weighted by molar-refractivity contribution is -0.385. The van der Waals surface area contributed by atoms with Gasteiger partial charge in [0.2, 0.25) is 0 Å². The maximum atomic E-state index is 10.6. The van der Waals surface area contributed by atoms with E-state index in [1.807, 2.05) is 39.1 Å². The summed E-state index contributed by atoms with van der Waals surface area (Å²) in [6.07, 6.45) is 5.53. The van der Waals surface area contributed by atoms with Crippen LogP contribution in [0.3, 0.4) is 0 Å². The summed E-state index contributed by atoms with van der Waals surface area (Å²) in [4.78, 5) is 23.4. The van der Waals surface area contributed by atoms with Crippen LogP contribution in [0.4, 0.5) is 11.4 Å². The lowest BCUT2D eigenvalue weighted by Gasteiger charge is -2.00. The van der Waals surface area contributed by atoms with Gasteiger partial charge in [-0.05, 0) is 63.4 Å². The zero-order chi connectivity index (χ0) is 25.3. The van der Waals surface area contributed by atoms with Crippen LogP contribution in [0.2, 0.25) is 0 Å². The highest BCUT2D eigenvalue weighted by Gasteiger charge is 2.12. The molecule has 3 aromatic carbocycles. The highest BCUT2D eigenvalue weighted by atomic mass is 16.6. The van der Waals surface area contributed by atoms with Crippen molar-refractivity contribution in [1.82, 2.24) is 4.98 Å². The molecule has 0 saturated heterocycles. The first-order chi connectivity index (χ1) is 16.2. The number of aromatic nitrogens is 1. The number of H-pyrrole nitrogens is 1. The zero-order valence-electron chi connectivity index (χ0n) is 20.0. The van der Waals surface area contributed by atoms with E-state index in [0.717, 1.165) is 16.7 Å². The number of rotatable bonds is 3. The summed E-state index contributed by atoms with van der Waals surface area (Å²) in [5, 5.41) is 22.3. The van der Waals surface area contributed by atoms with Gasteiger partial charge in [-0.2, -0.15) is 0 Å². The van der Waals surface area contributed by atoms with Crippen LogP contribution in [0, 0.1) is 47.9 Å². The molecule has 1 aromatic heterocycles. The fraction of sp³-hybridized carbons (Fsp3) is 0.241. The van der Waals surface area contributed by atoms with E-state index in [9.17, 15) is 20.2 Å². The number of benzene rings is 3. The third kappa shape index (κ3) is 8.20. The average Bonchev–Trinajstić information content (AvgIpc) is 3.28. The zero-order valence-corrected chi connectivity index (χ0v) is 20.0. The van der Waals surface area contributed by atoms with E-state index in [0.29, 0.717) is 5.56 Å². The number of nitrogens with one attached hydrogen (secondary N) is 1. The largest absolute Gasteiger partial charge is 0.361 e. The van der Waals surface area contributed by atoms with Crippen molar-refractivity contribution in [3.8, 4) is 0 Å². The summed E-state index contributed by atoms with van der Waals surface area (Å²) in [6, 6.07) is 18.5. The number of aromatic amines is 1. The molecule has 1 N–H and O–H groups in total. The molecule has 0 aliphatic heterocycles. The average molecular weight is 494 g/mol. The lowest BCUT2D eigenvalue weighted by Crippen LogP contribution is -1.93. The van der Waals surface area contributed by atoms with E-state index in [1.54, 1.807) is 31.2 Å². The van der Waals surface area contributed by atoms with Gasteiger partial charge in [0.25, 0.3) is 11.4 Å². The Balaban J connectivity index is 0. The number of nitro benzene ring substituents is 2. The van der Waals surface area contributed by atoms with Gasteiger partial charge in [0.15, 0.2) is 0 Å². The topological polar surface area (TPSA) is 102 Å². The molecule has 36 heavy (non-hydrogen) atoms. The molecule has 0 amide bonds. The van der Waals surface area contributed by atoms with Crippen LogP contribution in [-0.2, 0) is 0 Å². The van der Waals surface area contributed by atoms with Gasteiger partial charge >= 0.3 is 0 Å². The van der Waals surface area contributed by atoms with Crippen molar-refractivity contribution >= 4 is 28.4 Å². The van der Waals surface area contributed by atoms with Gasteiger partial charge in [0.05, 0.1) is 15.4 Å². The van der Waals surface area contributed by atoms with Crippen LogP contribution in [0.25, 0.3) is 17.0 Å². The normalized spacial score (nSPS) is 9.69. The van der Waals surface area contributed by atoms with Crippen LogP contribution in [-0.4, -0.2) is 14.8 Å². The Hall–Kier alpha value is -4.26. The molecule has 4 rings (SSSR count). The van der Waals surface area contributed by atoms with Crippen molar-refractivity contribution < 1.29 is 11.3 Å². The van der Waals surface area contributed by atoms with E-state index in [4.69, 9.17) is 0 Å². The predicted molar refractivity (Wildman–Crippen MR) is 154 cm³/mol. The second-order valence-electron chi connectivity index (χ2n) is 7.75. The highest BCUT2D eigenvalue weighted by molar-refractivity contribution is 5.82. The smallest absolute Gasteiger partial charge is 0.276 e. The third-order valence-corrected chi connectivity index (χ3v) is 5.42. The molecule has 7 heteroatoms. The molecule has 7 nitrogen and oxygen atoms in total. The number of nitro groups is 2. The number of aryl methyl sites for hydroxylation is 3. The quantitative estimate of drug-likeness (QED) is 0.227. The maximum Gasteiger partial charge on any atom is 0.276 e. The molecule has 194 valence electrons. The highest BCUT2D eigenvalue weighted by Crippen LogP contribution is 2.23. The second-order valence-corrected chi connectivity index (χ2v) is 7.75. The van der Waals surface area contributed by atoms with Gasteiger partial charge in [0, 0.05) is 36.2 Å². The Morgan fingerprint density at radius 1 is 0.750 bits per heavy atom. The molecule has 0 bridgehead atoms. The van der Waals surface area contributed by atoms with Gasteiger partial charge in [-0.1, -0.05) is 63.4 Å². The Kier molecular flexibility index (Phi) is 13.1. The summed E-state index contributed by atoms with van der Waals surface area (Å²) in [7, 11) is 0. The molecule has 0 aliphatic rings. The predicted octanol–water partition coefficient (Wildman–Crippen LogP) is 9.14. The van der Waals surface area contributed by atoms with Gasteiger partial charge in [0.1, 0.15) is 0 Å². The number of fused-ring (bicyclic) bond motifs is 1. The lowest BCUT2D eigenvalue weighted by atomic mass is 10.1. The van der Waals surface area contributed by atoms with Crippen molar-refractivity contribution in [2.75, 3.05) is 0 Å². The van der Waals surface area contributed by atoms with Crippen LogP contribution in [0.1, 0.15) is 51.0 Å². The van der Waals surface area contributed by atoms with Crippen molar-refractivity contribution in [3.63, 3.8) is 0 Å². The Morgan fingerprint density at radius 3 is 1.81 bits per heavy atom. The van der Waals surface area contributed by atoms with Gasteiger partial charge in [-0.25, -0.2) is 0 Å². The van der Waals surface area contributed by atoms with Crippen LogP contribution >= 0.6 is 0 Å². The molecule has 1 heterocycles. The van der Waals surface area contributed by atoms with E-state index in [2.05, 4.69) is 36.2 Å². The molecule has 0 spiro atoms. The Morgan fingerprint density at radius 2 is 1.28 bits per heavy atom. The van der Waals surface area contributed by atoms with Crippen molar-refractivity contribution in [2.45, 2.75) is 49.5 Å². The molecule has 0 radical (unpaired) electrons. The van der Waals surface area contributed by atoms with Gasteiger partial charge < -0.3 is 4.98 Å². The molecular weight excluding hydrogens is 454 g/mol. The number of hydrogen-bond donors (Lipinski definition) is 1. The van der Waals surface area contributed by atoms with Crippen molar-refractivity contribution in [2.24, 2.45) is 0 Å². The summed E-state index contributed by atoms with van der Waals surface area (Å²) in [5.41, 5.74) is 6.24. The minimum absolute atomic E-state index is 0. The number of nitrogens with zero attached hydrogens (tertiary/aromatic N) is 2. The first-order valence-electron chi connectivity index (χ1n) is 10.8.